The van der Waals surface area contributed by atoms with Crippen molar-refractivity contribution in [2.75, 3.05) is 19.8 Å². The Morgan fingerprint density at radius 3 is 1.29 bits per heavy atom. The van der Waals surface area contributed by atoms with Gasteiger partial charge in [0, 0.05) is 0 Å². The number of aliphatic hydroxyl groups excluding tert-OH is 11. The van der Waals surface area contributed by atoms with Crippen LogP contribution in [0.1, 0.15) is 0 Å². The van der Waals surface area contributed by atoms with Gasteiger partial charge in [-0.05, 0) is 0 Å². The van der Waals surface area contributed by atoms with Crippen LogP contribution in [0, 0.1) is 0 Å². The van der Waals surface area contributed by atoms with Crippen molar-refractivity contribution < 1.29 is 79.9 Å². The maximum Gasteiger partial charge on any atom is 0.186 e. The van der Waals surface area contributed by atoms with Crippen molar-refractivity contribution in [3.8, 4) is 0 Å². The van der Waals surface area contributed by atoms with Crippen LogP contribution in [0.25, 0.3) is 0 Å². The largest absolute Gasteiger partial charge is 0.394 e. The van der Waals surface area contributed by atoms with Gasteiger partial charge in [0.1, 0.15) is 73.2 Å². The van der Waals surface area contributed by atoms with Gasteiger partial charge in [0.05, 0.1) is 19.8 Å². The summed E-state index contributed by atoms with van der Waals surface area (Å²) in [5, 5.41) is 108. The molecule has 0 aliphatic carbocycles. The van der Waals surface area contributed by atoms with Gasteiger partial charge in [0.25, 0.3) is 0 Å². The fraction of sp³-hybridized carbons (Fsp3) is 1.00. The van der Waals surface area contributed by atoms with E-state index >= 15 is 0 Å². The number of rotatable bonds is 7. The standard InChI is InChI=1S/C18H32O16/c19-1-4-7(20)11(24)14(27)17(33-4)31-3-6-9(22)12(25)15(28)18(34-6)30-2-5-8(21)10(23)13(26)16(29)32-5/h4-29H,1-3H2/t4-,5-,6-,7+,8-,9+,10+,11+,12+,13+,14-,15-,16-,17+,18+/m1/s1. The van der Waals surface area contributed by atoms with Crippen LogP contribution in [0.5, 0.6) is 0 Å². The van der Waals surface area contributed by atoms with Crippen LogP contribution in [-0.2, 0) is 23.7 Å². The summed E-state index contributed by atoms with van der Waals surface area (Å²) in [7, 11) is 0. The second-order valence-electron chi connectivity index (χ2n) is 8.42. The van der Waals surface area contributed by atoms with Gasteiger partial charge in [0.2, 0.25) is 0 Å². The van der Waals surface area contributed by atoms with E-state index in [0.29, 0.717) is 0 Å². The molecule has 0 aromatic heterocycles. The lowest BCUT2D eigenvalue weighted by molar-refractivity contribution is -0.340. The molecular formula is C18H32O16. The first-order valence-corrected chi connectivity index (χ1v) is 10.6. The van der Waals surface area contributed by atoms with E-state index in [4.69, 9.17) is 23.7 Å². The fourth-order valence-corrected chi connectivity index (χ4v) is 3.84. The molecular weight excluding hydrogens is 472 g/mol. The van der Waals surface area contributed by atoms with Crippen molar-refractivity contribution in [2.24, 2.45) is 0 Å². The molecule has 3 rings (SSSR count). The summed E-state index contributed by atoms with van der Waals surface area (Å²) in [6.45, 7) is -1.84. The lowest BCUT2D eigenvalue weighted by Crippen LogP contribution is -2.62. The number of hydrogen-bond donors (Lipinski definition) is 11. The van der Waals surface area contributed by atoms with Crippen molar-refractivity contribution in [3.63, 3.8) is 0 Å². The van der Waals surface area contributed by atoms with Crippen LogP contribution in [0.4, 0.5) is 0 Å². The lowest BCUT2D eigenvalue weighted by atomic mass is 9.98. The first-order valence-electron chi connectivity index (χ1n) is 10.6. The van der Waals surface area contributed by atoms with E-state index in [9.17, 15) is 56.2 Å². The fourth-order valence-electron chi connectivity index (χ4n) is 3.84. The van der Waals surface area contributed by atoms with E-state index in [1.54, 1.807) is 0 Å². The molecule has 3 fully saturated rings. The van der Waals surface area contributed by atoms with Gasteiger partial charge in [-0.3, -0.25) is 0 Å². The van der Waals surface area contributed by atoms with E-state index in [2.05, 4.69) is 0 Å². The summed E-state index contributed by atoms with van der Waals surface area (Å²) < 4.78 is 26.1. The Kier molecular flexibility index (Phi) is 9.54. The molecule has 0 bridgehead atoms. The third kappa shape index (κ3) is 5.68. The van der Waals surface area contributed by atoms with Crippen molar-refractivity contribution in [3.05, 3.63) is 0 Å². The third-order valence-electron chi connectivity index (χ3n) is 6.05. The summed E-state index contributed by atoms with van der Waals surface area (Å²) >= 11 is 0. The Bertz CT molecular complexity index is 639. The summed E-state index contributed by atoms with van der Waals surface area (Å²) in [4.78, 5) is 0. The minimum Gasteiger partial charge on any atom is -0.394 e. The molecule has 0 saturated carbocycles. The Morgan fingerprint density at radius 1 is 0.441 bits per heavy atom. The summed E-state index contributed by atoms with van der Waals surface area (Å²) in [6.07, 6.45) is -24.4. The summed E-state index contributed by atoms with van der Waals surface area (Å²) in [6, 6.07) is 0. The zero-order chi connectivity index (χ0) is 25.3. The summed E-state index contributed by atoms with van der Waals surface area (Å²) in [5.41, 5.74) is 0. The quantitative estimate of drug-likeness (QED) is 0.154. The zero-order valence-corrected chi connectivity index (χ0v) is 17.7. The molecule has 3 aliphatic rings. The average molecular weight is 504 g/mol. The Labute approximate surface area is 192 Å². The van der Waals surface area contributed by atoms with Crippen LogP contribution in [-0.4, -0.2) is 168 Å². The van der Waals surface area contributed by atoms with Gasteiger partial charge in [0.15, 0.2) is 18.9 Å². The van der Waals surface area contributed by atoms with Gasteiger partial charge < -0.3 is 79.9 Å². The minimum absolute atomic E-state index is 0.570. The van der Waals surface area contributed by atoms with E-state index in [0.717, 1.165) is 0 Å². The third-order valence-corrected chi connectivity index (χ3v) is 6.05. The van der Waals surface area contributed by atoms with Gasteiger partial charge >= 0.3 is 0 Å². The van der Waals surface area contributed by atoms with Crippen LogP contribution >= 0.6 is 0 Å². The first-order chi connectivity index (χ1) is 16.0. The molecule has 3 aliphatic heterocycles. The first kappa shape index (κ1) is 27.9. The second-order valence-corrected chi connectivity index (χ2v) is 8.42. The highest BCUT2D eigenvalue weighted by Gasteiger charge is 2.48. The van der Waals surface area contributed by atoms with Gasteiger partial charge in [-0.2, -0.15) is 0 Å². The van der Waals surface area contributed by atoms with E-state index in [1.165, 1.54) is 0 Å². The van der Waals surface area contributed by atoms with Crippen LogP contribution in [0.15, 0.2) is 0 Å². The predicted octanol–water partition coefficient (Wildman–Crippen LogP) is -7.57. The highest BCUT2D eigenvalue weighted by atomic mass is 16.7. The molecule has 0 aromatic rings. The van der Waals surface area contributed by atoms with Gasteiger partial charge in [-0.15, -0.1) is 0 Å². The SMILES string of the molecule is OC[C@H]1O[C@H](OC[C@H]2O[C@H](OC[C@H]3O[C@@H](O)[C@@H](O)[C@@H](O)[C@@H]3O)[C@H](O)[C@@H](O)[C@H]2O)[C@H](O)[C@@H](O)[C@H]1O. The smallest absolute Gasteiger partial charge is 0.186 e. The van der Waals surface area contributed by atoms with Gasteiger partial charge in [-0.1, -0.05) is 0 Å². The molecule has 0 aromatic carbocycles. The van der Waals surface area contributed by atoms with Crippen molar-refractivity contribution >= 4 is 0 Å². The monoisotopic (exact) mass is 504 g/mol. The number of ether oxygens (including phenoxy) is 5. The maximum atomic E-state index is 10.2. The lowest BCUT2D eigenvalue weighted by Gasteiger charge is -2.43. The van der Waals surface area contributed by atoms with E-state index in [-0.39, 0.29) is 0 Å². The van der Waals surface area contributed by atoms with Crippen molar-refractivity contribution in [2.45, 2.75) is 92.1 Å². The predicted molar refractivity (Wildman–Crippen MR) is 101 cm³/mol. The molecule has 0 unspecified atom stereocenters. The highest BCUT2D eigenvalue weighted by molar-refractivity contribution is 4.92. The molecule has 16 nitrogen and oxygen atoms in total. The second kappa shape index (κ2) is 11.6. The number of aliphatic hydroxyl groups is 11. The van der Waals surface area contributed by atoms with Crippen molar-refractivity contribution in [1.82, 2.24) is 0 Å². The van der Waals surface area contributed by atoms with Gasteiger partial charge in [-0.25, -0.2) is 0 Å². The molecule has 3 saturated heterocycles. The average Bonchev–Trinajstić information content (AvgIpc) is 2.82. The Hall–Kier alpha value is -0.640. The van der Waals surface area contributed by atoms with E-state index in [1.807, 2.05) is 0 Å². The molecule has 0 spiro atoms. The zero-order valence-electron chi connectivity index (χ0n) is 17.7. The maximum absolute atomic E-state index is 10.2. The Balaban J connectivity index is 1.58. The molecule has 3 heterocycles. The summed E-state index contributed by atoms with van der Waals surface area (Å²) in [5.74, 6) is 0. The molecule has 34 heavy (non-hydrogen) atoms. The highest BCUT2D eigenvalue weighted by Crippen LogP contribution is 2.27. The van der Waals surface area contributed by atoms with Crippen LogP contribution in [0.2, 0.25) is 0 Å². The van der Waals surface area contributed by atoms with Crippen LogP contribution < -0.4 is 0 Å². The van der Waals surface area contributed by atoms with Crippen LogP contribution in [0.3, 0.4) is 0 Å². The molecule has 16 heteroatoms. The molecule has 0 radical (unpaired) electrons. The molecule has 0 amide bonds. The minimum atomic E-state index is -1.82. The molecule has 11 N–H and O–H groups in total. The number of hydrogen-bond acceptors (Lipinski definition) is 16. The normalized spacial score (nSPS) is 52.5. The van der Waals surface area contributed by atoms with E-state index < -0.39 is 112 Å². The Morgan fingerprint density at radius 2 is 0.824 bits per heavy atom. The molecule has 200 valence electrons. The topological polar surface area (TPSA) is 269 Å². The molecule has 15 atom stereocenters. The van der Waals surface area contributed by atoms with Crippen molar-refractivity contribution in [1.29, 1.82) is 0 Å².